The van der Waals surface area contributed by atoms with Crippen molar-refractivity contribution in [2.45, 2.75) is 64.8 Å². The van der Waals surface area contributed by atoms with E-state index in [1.54, 1.807) is 0 Å². The first-order valence-corrected chi connectivity index (χ1v) is 11.9. The van der Waals surface area contributed by atoms with Crippen LogP contribution in [0.2, 0.25) is 0 Å². The number of nitrogens with one attached hydrogen (secondary N) is 1. The number of aromatic nitrogens is 3. The minimum atomic E-state index is 0.199. The van der Waals surface area contributed by atoms with Gasteiger partial charge in [-0.3, -0.25) is 9.78 Å². The first-order chi connectivity index (χ1) is 15.3. The number of unbranched alkanes of at least 4 members (excludes halogenated alkanes) is 1. The fraction of sp³-hybridized carbons (Fsp3) is 0.560. The Balaban J connectivity index is 1.36. The summed E-state index contributed by atoms with van der Waals surface area (Å²) in [7, 11) is 0. The van der Waals surface area contributed by atoms with Crippen molar-refractivity contribution in [3.8, 4) is 0 Å². The van der Waals surface area contributed by atoms with E-state index in [0.717, 1.165) is 66.4 Å². The monoisotopic (exact) mass is 422 g/mol. The van der Waals surface area contributed by atoms with Gasteiger partial charge in [0.15, 0.2) is 0 Å². The second kappa shape index (κ2) is 10.7. The lowest BCUT2D eigenvalue weighted by atomic mass is 9.89. The van der Waals surface area contributed by atoms with E-state index in [1.807, 2.05) is 18.3 Å². The molecule has 6 heteroatoms. The number of amides is 1. The van der Waals surface area contributed by atoms with Gasteiger partial charge in [0.25, 0.3) is 0 Å². The maximum atomic E-state index is 12.2. The molecule has 1 aliphatic carbocycles. The Kier molecular flexibility index (Phi) is 7.52. The van der Waals surface area contributed by atoms with Gasteiger partial charge < -0.3 is 14.6 Å². The van der Waals surface area contributed by atoms with Crippen molar-refractivity contribution >= 4 is 27.8 Å². The van der Waals surface area contributed by atoms with Gasteiger partial charge in [-0.05, 0) is 25.3 Å². The van der Waals surface area contributed by atoms with E-state index >= 15 is 0 Å². The Hall–Kier alpha value is -2.47. The van der Waals surface area contributed by atoms with Gasteiger partial charge in [-0.1, -0.05) is 50.8 Å². The zero-order valence-corrected chi connectivity index (χ0v) is 18.6. The average molecular weight is 423 g/mol. The number of carbonyl (C=O) groups excluding carboxylic acids is 1. The number of hydrogen-bond acceptors (Lipinski definition) is 4. The number of ether oxygens (including phenoxy) is 1. The molecule has 0 saturated heterocycles. The number of carbonyl (C=O) groups is 1. The van der Waals surface area contributed by atoms with E-state index in [-0.39, 0.29) is 11.8 Å². The molecule has 1 aromatic carbocycles. The molecule has 0 unspecified atom stereocenters. The number of imidazole rings is 1. The molecule has 2 heterocycles. The highest BCUT2D eigenvalue weighted by atomic mass is 16.5. The first kappa shape index (κ1) is 21.8. The third-order valence-electron chi connectivity index (χ3n) is 6.29. The third-order valence-corrected chi connectivity index (χ3v) is 6.29. The van der Waals surface area contributed by atoms with Crippen LogP contribution in [0.15, 0.2) is 30.5 Å². The highest BCUT2D eigenvalue weighted by molar-refractivity contribution is 6.02. The van der Waals surface area contributed by atoms with Gasteiger partial charge in [0.1, 0.15) is 11.3 Å². The molecular formula is C25H34N4O2. The molecule has 3 aromatic rings. The van der Waals surface area contributed by atoms with Crippen LogP contribution in [0.5, 0.6) is 0 Å². The predicted octanol–water partition coefficient (Wildman–Crippen LogP) is 4.64. The summed E-state index contributed by atoms with van der Waals surface area (Å²) < 4.78 is 8.19. The summed E-state index contributed by atoms with van der Waals surface area (Å²) in [6.07, 6.45) is 10.8. The van der Waals surface area contributed by atoms with Crippen LogP contribution in [0.25, 0.3) is 21.9 Å². The number of nitrogens with zero attached hydrogens (tertiary/aromatic N) is 3. The zero-order chi connectivity index (χ0) is 21.5. The van der Waals surface area contributed by atoms with Crippen LogP contribution in [0.3, 0.4) is 0 Å². The lowest BCUT2D eigenvalue weighted by Gasteiger charge is -2.20. The SMILES string of the molecule is CCCCc1nc2cnc3ccccc3c2n1CCOCCNC(=O)C1CCCCC1. The molecule has 166 valence electrons. The number of para-hydroxylation sites is 1. The minimum absolute atomic E-state index is 0.199. The van der Waals surface area contributed by atoms with E-state index in [0.29, 0.717) is 19.8 Å². The Morgan fingerprint density at radius 3 is 2.84 bits per heavy atom. The molecule has 1 fully saturated rings. The van der Waals surface area contributed by atoms with Gasteiger partial charge in [-0.2, -0.15) is 0 Å². The van der Waals surface area contributed by atoms with Gasteiger partial charge >= 0.3 is 0 Å². The molecule has 0 spiro atoms. The standard InChI is InChI=1S/C25H34N4O2/c1-2-3-13-23-28-22-18-27-21-12-8-7-11-20(21)24(22)29(23)15-17-31-16-14-26-25(30)19-9-5-4-6-10-19/h7-8,11-12,18-19H,2-6,9-10,13-17H2,1H3,(H,26,30). The van der Waals surface area contributed by atoms with Crippen molar-refractivity contribution < 1.29 is 9.53 Å². The first-order valence-electron chi connectivity index (χ1n) is 11.9. The maximum absolute atomic E-state index is 12.2. The molecule has 1 aliphatic rings. The fourth-order valence-corrected chi connectivity index (χ4v) is 4.59. The van der Waals surface area contributed by atoms with Gasteiger partial charge in [0.05, 0.1) is 30.4 Å². The number of fused-ring (bicyclic) bond motifs is 3. The highest BCUT2D eigenvalue weighted by Crippen LogP contribution is 2.25. The van der Waals surface area contributed by atoms with Crippen LogP contribution in [-0.2, 0) is 22.5 Å². The fourth-order valence-electron chi connectivity index (χ4n) is 4.59. The summed E-state index contributed by atoms with van der Waals surface area (Å²) in [5.74, 6) is 1.50. The molecule has 1 saturated carbocycles. The van der Waals surface area contributed by atoms with Crippen LogP contribution >= 0.6 is 0 Å². The van der Waals surface area contributed by atoms with Crippen molar-refractivity contribution in [1.82, 2.24) is 19.9 Å². The molecule has 0 atom stereocenters. The number of rotatable bonds is 10. The van der Waals surface area contributed by atoms with Gasteiger partial charge in [0, 0.05) is 30.8 Å². The van der Waals surface area contributed by atoms with Crippen molar-refractivity contribution in [1.29, 1.82) is 0 Å². The van der Waals surface area contributed by atoms with Crippen LogP contribution in [0.1, 0.15) is 57.7 Å². The number of pyridine rings is 1. The van der Waals surface area contributed by atoms with E-state index in [1.165, 1.54) is 19.3 Å². The van der Waals surface area contributed by atoms with Crippen molar-refractivity contribution in [2.24, 2.45) is 5.92 Å². The van der Waals surface area contributed by atoms with Crippen LogP contribution in [-0.4, -0.2) is 40.2 Å². The summed E-state index contributed by atoms with van der Waals surface area (Å²) in [6, 6.07) is 8.24. The van der Waals surface area contributed by atoms with Gasteiger partial charge in [-0.15, -0.1) is 0 Å². The van der Waals surface area contributed by atoms with E-state index in [2.05, 4.69) is 33.9 Å². The zero-order valence-electron chi connectivity index (χ0n) is 18.6. The lowest BCUT2D eigenvalue weighted by Crippen LogP contribution is -2.34. The minimum Gasteiger partial charge on any atom is -0.378 e. The average Bonchev–Trinajstić information content (AvgIpc) is 3.18. The lowest BCUT2D eigenvalue weighted by molar-refractivity contribution is -0.126. The summed E-state index contributed by atoms with van der Waals surface area (Å²) in [5.41, 5.74) is 3.08. The number of aryl methyl sites for hydroxylation is 1. The predicted molar refractivity (Wildman–Crippen MR) is 124 cm³/mol. The Morgan fingerprint density at radius 2 is 2.00 bits per heavy atom. The van der Waals surface area contributed by atoms with Crippen LogP contribution in [0.4, 0.5) is 0 Å². The molecule has 6 nitrogen and oxygen atoms in total. The molecule has 1 N–H and O–H groups in total. The Labute approximate surface area is 184 Å². The van der Waals surface area contributed by atoms with Crippen LogP contribution < -0.4 is 5.32 Å². The van der Waals surface area contributed by atoms with Crippen LogP contribution in [0, 0.1) is 5.92 Å². The van der Waals surface area contributed by atoms with E-state index < -0.39 is 0 Å². The van der Waals surface area contributed by atoms with Crippen molar-refractivity contribution in [2.75, 3.05) is 19.8 Å². The second-order valence-electron chi connectivity index (χ2n) is 8.53. The second-order valence-corrected chi connectivity index (χ2v) is 8.53. The number of hydrogen-bond donors (Lipinski definition) is 1. The van der Waals surface area contributed by atoms with E-state index in [4.69, 9.17) is 9.72 Å². The maximum Gasteiger partial charge on any atom is 0.223 e. The summed E-state index contributed by atoms with van der Waals surface area (Å²) in [5, 5.41) is 4.18. The van der Waals surface area contributed by atoms with E-state index in [9.17, 15) is 4.79 Å². The molecule has 31 heavy (non-hydrogen) atoms. The quantitative estimate of drug-likeness (QED) is 0.483. The largest absolute Gasteiger partial charge is 0.378 e. The molecule has 2 aromatic heterocycles. The number of benzene rings is 1. The molecule has 4 rings (SSSR count). The molecule has 0 aliphatic heterocycles. The summed E-state index contributed by atoms with van der Waals surface area (Å²) in [6.45, 7) is 4.67. The van der Waals surface area contributed by atoms with Crippen molar-refractivity contribution in [3.05, 3.63) is 36.3 Å². The molecule has 0 radical (unpaired) electrons. The third kappa shape index (κ3) is 5.24. The normalized spacial score (nSPS) is 15.0. The smallest absolute Gasteiger partial charge is 0.223 e. The van der Waals surface area contributed by atoms with Crippen molar-refractivity contribution in [3.63, 3.8) is 0 Å². The van der Waals surface area contributed by atoms with Gasteiger partial charge in [-0.25, -0.2) is 4.98 Å². The topological polar surface area (TPSA) is 69.0 Å². The highest BCUT2D eigenvalue weighted by Gasteiger charge is 2.20. The molecule has 1 amide bonds. The Morgan fingerprint density at radius 1 is 1.16 bits per heavy atom. The molecular weight excluding hydrogens is 388 g/mol. The molecule has 0 bridgehead atoms. The summed E-state index contributed by atoms with van der Waals surface area (Å²) in [4.78, 5) is 21.7. The summed E-state index contributed by atoms with van der Waals surface area (Å²) >= 11 is 0. The Bertz CT molecular complexity index is 1010. The van der Waals surface area contributed by atoms with Gasteiger partial charge in [0.2, 0.25) is 5.91 Å².